The minimum Gasteiger partial charge on any atom is -0.487 e. The van der Waals surface area contributed by atoms with Crippen molar-refractivity contribution in [3.8, 4) is 5.75 Å². The Morgan fingerprint density at radius 1 is 1.00 bits per heavy atom. The predicted octanol–water partition coefficient (Wildman–Crippen LogP) is 5.81. The molecule has 1 saturated carbocycles. The van der Waals surface area contributed by atoms with E-state index in [0.29, 0.717) is 6.61 Å². The SMILES string of the molecule is C[C@H](NC(=O)C1CCCCC1c1ccc(OCc2ccccn2)cc1)c1ccccc1. The van der Waals surface area contributed by atoms with E-state index in [9.17, 15) is 4.79 Å². The molecule has 4 nitrogen and oxygen atoms in total. The number of amides is 1. The molecule has 2 unspecified atom stereocenters. The average Bonchev–Trinajstić information content (AvgIpc) is 2.84. The van der Waals surface area contributed by atoms with Gasteiger partial charge >= 0.3 is 0 Å². The van der Waals surface area contributed by atoms with Crippen molar-refractivity contribution in [1.82, 2.24) is 10.3 Å². The first-order valence-electron chi connectivity index (χ1n) is 11.2. The van der Waals surface area contributed by atoms with Crippen LogP contribution in [0.25, 0.3) is 0 Å². The summed E-state index contributed by atoms with van der Waals surface area (Å²) in [5, 5.41) is 3.24. The molecule has 0 saturated heterocycles. The third kappa shape index (κ3) is 5.52. The molecule has 31 heavy (non-hydrogen) atoms. The highest BCUT2D eigenvalue weighted by Gasteiger charge is 2.32. The van der Waals surface area contributed by atoms with E-state index in [4.69, 9.17) is 4.74 Å². The number of ether oxygens (including phenoxy) is 1. The Kier molecular flexibility index (Phi) is 6.98. The first-order chi connectivity index (χ1) is 15.2. The molecule has 1 heterocycles. The van der Waals surface area contributed by atoms with Crippen molar-refractivity contribution in [1.29, 1.82) is 0 Å². The van der Waals surface area contributed by atoms with Crippen LogP contribution in [0.3, 0.4) is 0 Å². The van der Waals surface area contributed by atoms with Gasteiger partial charge in [-0.2, -0.15) is 0 Å². The number of hydrogen-bond acceptors (Lipinski definition) is 3. The van der Waals surface area contributed by atoms with Crippen LogP contribution >= 0.6 is 0 Å². The molecule has 0 aliphatic heterocycles. The molecule has 4 rings (SSSR count). The molecule has 1 amide bonds. The smallest absolute Gasteiger partial charge is 0.224 e. The molecule has 160 valence electrons. The Balaban J connectivity index is 1.40. The highest BCUT2D eigenvalue weighted by Crippen LogP contribution is 2.38. The Morgan fingerprint density at radius 2 is 1.74 bits per heavy atom. The normalized spacial score (nSPS) is 19.4. The van der Waals surface area contributed by atoms with E-state index in [1.165, 1.54) is 12.0 Å². The molecule has 0 radical (unpaired) electrons. The van der Waals surface area contributed by atoms with E-state index in [0.717, 1.165) is 36.3 Å². The Morgan fingerprint density at radius 3 is 2.48 bits per heavy atom. The van der Waals surface area contributed by atoms with Crippen molar-refractivity contribution < 1.29 is 9.53 Å². The Labute approximate surface area is 184 Å². The lowest BCUT2D eigenvalue weighted by atomic mass is 9.75. The van der Waals surface area contributed by atoms with Gasteiger partial charge in [-0.05, 0) is 61.1 Å². The number of pyridine rings is 1. The van der Waals surface area contributed by atoms with Crippen molar-refractivity contribution >= 4 is 5.91 Å². The van der Waals surface area contributed by atoms with E-state index in [1.54, 1.807) is 6.20 Å². The predicted molar refractivity (Wildman–Crippen MR) is 123 cm³/mol. The fourth-order valence-electron chi connectivity index (χ4n) is 4.44. The first kappa shape index (κ1) is 21.1. The second-order valence-corrected chi connectivity index (χ2v) is 8.32. The zero-order valence-corrected chi connectivity index (χ0v) is 18.0. The van der Waals surface area contributed by atoms with Gasteiger partial charge in [0.2, 0.25) is 5.91 Å². The molecule has 0 bridgehead atoms. The van der Waals surface area contributed by atoms with Crippen LogP contribution in [-0.4, -0.2) is 10.9 Å². The van der Waals surface area contributed by atoms with Gasteiger partial charge < -0.3 is 10.1 Å². The maximum absolute atomic E-state index is 13.1. The molecule has 4 heteroatoms. The zero-order valence-electron chi connectivity index (χ0n) is 18.0. The minimum absolute atomic E-state index is 0.0126. The van der Waals surface area contributed by atoms with Gasteiger partial charge in [0, 0.05) is 12.1 Å². The highest BCUT2D eigenvalue weighted by molar-refractivity contribution is 5.80. The van der Waals surface area contributed by atoms with Gasteiger partial charge in [-0.3, -0.25) is 9.78 Å². The van der Waals surface area contributed by atoms with Gasteiger partial charge in [0.15, 0.2) is 0 Å². The Bertz CT molecular complexity index is 958. The van der Waals surface area contributed by atoms with E-state index in [1.807, 2.05) is 48.5 Å². The lowest BCUT2D eigenvalue weighted by Gasteiger charge is -2.32. The molecule has 2 aromatic carbocycles. The number of aromatic nitrogens is 1. The fourth-order valence-corrected chi connectivity index (χ4v) is 4.44. The van der Waals surface area contributed by atoms with Crippen LogP contribution in [-0.2, 0) is 11.4 Å². The van der Waals surface area contributed by atoms with Crippen LogP contribution in [0.5, 0.6) is 5.75 Å². The molecule has 3 aromatic rings. The number of benzene rings is 2. The molecular weight excluding hydrogens is 384 g/mol. The molecular formula is C27H30N2O2. The summed E-state index contributed by atoms with van der Waals surface area (Å²) in [6.45, 7) is 2.50. The highest BCUT2D eigenvalue weighted by atomic mass is 16.5. The number of carbonyl (C=O) groups excluding carboxylic acids is 1. The number of nitrogens with one attached hydrogen (secondary N) is 1. The monoisotopic (exact) mass is 414 g/mol. The maximum atomic E-state index is 13.1. The summed E-state index contributed by atoms with van der Waals surface area (Å²) in [5.41, 5.74) is 3.26. The van der Waals surface area contributed by atoms with Crippen molar-refractivity contribution in [2.24, 2.45) is 5.92 Å². The largest absolute Gasteiger partial charge is 0.487 e. The van der Waals surface area contributed by atoms with E-state index < -0.39 is 0 Å². The van der Waals surface area contributed by atoms with Gasteiger partial charge in [-0.25, -0.2) is 0 Å². The topological polar surface area (TPSA) is 51.2 Å². The van der Waals surface area contributed by atoms with Crippen LogP contribution in [0.4, 0.5) is 0 Å². The maximum Gasteiger partial charge on any atom is 0.224 e. The summed E-state index contributed by atoms with van der Waals surface area (Å²) in [5.74, 6) is 1.25. The summed E-state index contributed by atoms with van der Waals surface area (Å²) >= 11 is 0. The average molecular weight is 415 g/mol. The standard InChI is InChI=1S/C27H30N2O2/c1-20(21-9-3-2-4-10-21)29-27(30)26-13-6-5-12-25(26)22-14-16-24(17-15-22)31-19-23-11-7-8-18-28-23/h2-4,7-11,14-18,20,25-26H,5-6,12-13,19H2,1H3,(H,29,30)/t20-,25?,26?/m0/s1. The third-order valence-electron chi connectivity index (χ3n) is 6.18. The lowest BCUT2D eigenvalue weighted by Crippen LogP contribution is -2.37. The first-order valence-corrected chi connectivity index (χ1v) is 11.2. The van der Waals surface area contributed by atoms with E-state index >= 15 is 0 Å². The summed E-state index contributed by atoms with van der Waals surface area (Å²) in [7, 11) is 0. The summed E-state index contributed by atoms with van der Waals surface area (Å²) < 4.78 is 5.87. The van der Waals surface area contributed by atoms with Gasteiger partial charge in [0.05, 0.1) is 11.7 Å². The molecule has 1 N–H and O–H groups in total. The lowest BCUT2D eigenvalue weighted by molar-refractivity contribution is -0.127. The quantitative estimate of drug-likeness (QED) is 0.531. The van der Waals surface area contributed by atoms with Crippen molar-refractivity contribution in [3.63, 3.8) is 0 Å². The molecule has 3 atom stereocenters. The van der Waals surface area contributed by atoms with Crippen LogP contribution < -0.4 is 10.1 Å². The second-order valence-electron chi connectivity index (χ2n) is 8.32. The number of nitrogens with zero attached hydrogens (tertiary/aromatic N) is 1. The van der Waals surface area contributed by atoms with Crippen LogP contribution in [0, 0.1) is 5.92 Å². The molecule has 1 fully saturated rings. The minimum atomic E-state index is 0.0126. The summed E-state index contributed by atoms with van der Waals surface area (Å²) in [6, 6.07) is 24.2. The van der Waals surface area contributed by atoms with Gasteiger partial charge in [-0.1, -0.05) is 61.4 Å². The van der Waals surface area contributed by atoms with Gasteiger partial charge in [0.25, 0.3) is 0 Å². The van der Waals surface area contributed by atoms with Crippen LogP contribution in [0.1, 0.15) is 61.4 Å². The molecule has 1 aliphatic rings. The number of hydrogen-bond donors (Lipinski definition) is 1. The van der Waals surface area contributed by atoms with E-state index in [2.05, 4.69) is 41.5 Å². The van der Waals surface area contributed by atoms with Crippen molar-refractivity contribution in [2.45, 2.75) is 51.2 Å². The zero-order chi connectivity index (χ0) is 21.5. The van der Waals surface area contributed by atoms with Crippen molar-refractivity contribution in [3.05, 3.63) is 95.8 Å². The number of carbonyl (C=O) groups is 1. The van der Waals surface area contributed by atoms with Crippen LogP contribution in [0.15, 0.2) is 79.0 Å². The van der Waals surface area contributed by atoms with Gasteiger partial charge in [0.1, 0.15) is 12.4 Å². The van der Waals surface area contributed by atoms with Crippen LogP contribution in [0.2, 0.25) is 0 Å². The summed E-state index contributed by atoms with van der Waals surface area (Å²) in [4.78, 5) is 17.4. The van der Waals surface area contributed by atoms with Gasteiger partial charge in [-0.15, -0.1) is 0 Å². The van der Waals surface area contributed by atoms with E-state index in [-0.39, 0.29) is 23.8 Å². The molecule has 1 aromatic heterocycles. The molecule has 0 spiro atoms. The number of rotatable bonds is 7. The second kappa shape index (κ2) is 10.3. The Hall–Kier alpha value is -3.14. The summed E-state index contributed by atoms with van der Waals surface area (Å²) in [6.07, 6.45) is 6.04. The third-order valence-corrected chi connectivity index (χ3v) is 6.18. The molecule has 1 aliphatic carbocycles. The fraction of sp³-hybridized carbons (Fsp3) is 0.333. The van der Waals surface area contributed by atoms with Crippen molar-refractivity contribution in [2.75, 3.05) is 0 Å².